The van der Waals surface area contributed by atoms with Crippen molar-refractivity contribution in [3.63, 3.8) is 0 Å². The SMILES string of the molecule is COCCN(CC(C)C)C(=O)c1ccc(N)cc1N. The Hall–Kier alpha value is -1.75. The van der Waals surface area contributed by atoms with Crippen LogP contribution in [0.2, 0.25) is 0 Å². The summed E-state index contributed by atoms with van der Waals surface area (Å²) in [6, 6.07) is 4.97. The van der Waals surface area contributed by atoms with Gasteiger partial charge in [0.25, 0.3) is 5.91 Å². The Kier molecular flexibility index (Phi) is 5.63. The van der Waals surface area contributed by atoms with E-state index in [1.807, 2.05) is 0 Å². The first-order valence-electron chi connectivity index (χ1n) is 6.39. The highest BCUT2D eigenvalue weighted by atomic mass is 16.5. The van der Waals surface area contributed by atoms with Crippen molar-refractivity contribution in [3.05, 3.63) is 23.8 Å². The molecular weight excluding hydrogens is 242 g/mol. The Morgan fingerprint density at radius 1 is 1.37 bits per heavy atom. The van der Waals surface area contributed by atoms with E-state index in [0.29, 0.717) is 42.6 Å². The second kappa shape index (κ2) is 6.99. The van der Waals surface area contributed by atoms with Crippen LogP contribution in [0.5, 0.6) is 0 Å². The molecule has 0 spiro atoms. The number of nitrogen functional groups attached to an aromatic ring is 2. The molecule has 4 N–H and O–H groups in total. The van der Waals surface area contributed by atoms with Crippen molar-refractivity contribution in [2.24, 2.45) is 5.92 Å². The summed E-state index contributed by atoms with van der Waals surface area (Å²) >= 11 is 0. The fourth-order valence-corrected chi connectivity index (χ4v) is 1.86. The first-order chi connectivity index (χ1) is 8.95. The molecule has 0 saturated heterocycles. The van der Waals surface area contributed by atoms with Gasteiger partial charge < -0.3 is 21.1 Å². The summed E-state index contributed by atoms with van der Waals surface area (Å²) < 4.78 is 5.04. The number of carbonyl (C=O) groups is 1. The summed E-state index contributed by atoms with van der Waals surface area (Å²) in [5.41, 5.74) is 13.0. The number of methoxy groups -OCH3 is 1. The zero-order chi connectivity index (χ0) is 14.4. The Balaban J connectivity index is 2.90. The number of carbonyl (C=O) groups excluding carboxylic acids is 1. The van der Waals surface area contributed by atoms with Crippen LogP contribution in [0.25, 0.3) is 0 Å². The van der Waals surface area contributed by atoms with E-state index < -0.39 is 0 Å². The molecule has 19 heavy (non-hydrogen) atoms. The number of hydrogen-bond acceptors (Lipinski definition) is 4. The van der Waals surface area contributed by atoms with Gasteiger partial charge in [-0.25, -0.2) is 0 Å². The monoisotopic (exact) mass is 265 g/mol. The minimum atomic E-state index is -0.0803. The predicted octanol–water partition coefficient (Wildman–Crippen LogP) is 1.60. The smallest absolute Gasteiger partial charge is 0.256 e. The highest BCUT2D eigenvalue weighted by molar-refractivity contribution is 5.99. The lowest BCUT2D eigenvalue weighted by atomic mass is 10.1. The highest BCUT2D eigenvalue weighted by Crippen LogP contribution is 2.18. The fraction of sp³-hybridized carbons (Fsp3) is 0.500. The molecule has 0 aliphatic carbocycles. The molecule has 5 heteroatoms. The maximum absolute atomic E-state index is 12.5. The predicted molar refractivity (Wildman–Crippen MR) is 77.9 cm³/mol. The van der Waals surface area contributed by atoms with Crippen molar-refractivity contribution in [2.75, 3.05) is 38.3 Å². The van der Waals surface area contributed by atoms with Crippen molar-refractivity contribution in [3.8, 4) is 0 Å². The second-order valence-corrected chi connectivity index (χ2v) is 4.98. The maximum Gasteiger partial charge on any atom is 0.256 e. The van der Waals surface area contributed by atoms with Crippen LogP contribution < -0.4 is 11.5 Å². The van der Waals surface area contributed by atoms with Gasteiger partial charge in [0.15, 0.2) is 0 Å². The molecular formula is C14H23N3O2. The fourth-order valence-electron chi connectivity index (χ4n) is 1.86. The minimum Gasteiger partial charge on any atom is -0.399 e. The second-order valence-electron chi connectivity index (χ2n) is 4.98. The van der Waals surface area contributed by atoms with E-state index in [0.717, 1.165) is 0 Å². The van der Waals surface area contributed by atoms with Gasteiger partial charge in [-0.05, 0) is 24.1 Å². The number of anilines is 2. The van der Waals surface area contributed by atoms with Gasteiger partial charge in [-0.3, -0.25) is 4.79 Å². The van der Waals surface area contributed by atoms with E-state index in [9.17, 15) is 4.79 Å². The van der Waals surface area contributed by atoms with Crippen LogP contribution in [0.1, 0.15) is 24.2 Å². The van der Waals surface area contributed by atoms with Gasteiger partial charge in [-0.15, -0.1) is 0 Å². The molecule has 1 amide bonds. The van der Waals surface area contributed by atoms with Crippen LogP contribution in [0.15, 0.2) is 18.2 Å². The molecule has 0 aromatic heterocycles. The molecule has 1 aromatic carbocycles. The number of ether oxygens (including phenoxy) is 1. The molecule has 0 radical (unpaired) electrons. The van der Waals surface area contributed by atoms with E-state index in [2.05, 4.69) is 13.8 Å². The van der Waals surface area contributed by atoms with E-state index in [1.54, 1.807) is 30.2 Å². The van der Waals surface area contributed by atoms with Crippen LogP contribution in [-0.4, -0.2) is 37.6 Å². The molecule has 0 atom stereocenters. The Labute approximate surface area is 114 Å². The van der Waals surface area contributed by atoms with Crippen LogP contribution >= 0.6 is 0 Å². The molecule has 0 unspecified atom stereocenters. The molecule has 106 valence electrons. The average molecular weight is 265 g/mol. The quantitative estimate of drug-likeness (QED) is 0.765. The Morgan fingerprint density at radius 3 is 2.58 bits per heavy atom. The molecule has 0 heterocycles. The Morgan fingerprint density at radius 2 is 2.05 bits per heavy atom. The van der Waals surface area contributed by atoms with Crippen molar-refractivity contribution < 1.29 is 9.53 Å². The topological polar surface area (TPSA) is 81.6 Å². The van der Waals surface area contributed by atoms with Crippen molar-refractivity contribution in [2.45, 2.75) is 13.8 Å². The van der Waals surface area contributed by atoms with Gasteiger partial charge in [0.05, 0.1) is 12.2 Å². The third-order valence-corrected chi connectivity index (χ3v) is 2.74. The van der Waals surface area contributed by atoms with Crippen LogP contribution in [0.4, 0.5) is 11.4 Å². The normalized spacial score (nSPS) is 10.7. The number of nitrogens with zero attached hydrogens (tertiary/aromatic N) is 1. The van der Waals surface area contributed by atoms with E-state index in [-0.39, 0.29) is 5.91 Å². The number of benzene rings is 1. The van der Waals surface area contributed by atoms with E-state index in [4.69, 9.17) is 16.2 Å². The lowest BCUT2D eigenvalue weighted by Crippen LogP contribution is -2.37. The number of hydrogen-bond donors (Lipinski definition) is 2. The first-order valence-corrected chi connectivity index (χ1v) is 6.39. The summed E-state index contributed by atoms with van der Waals surface area (Å²) in [5.74, 6) is 0.305. The molecule has 0 bridgehead atoms. The number of nitrogens with two attached hydrogens (primary N) is 2. The number of rotatable bonds is 6. The van der Waals surface area contributed by atoms with Crippen molar-refractivity contribution in [1.29, 1.82) is 0 Å². The molecule has 1 rings (SSSR count). The van der Waals surface area contributed by atoms with E-state index in [1.165, 1.54) is 0 Å². The summed E-state index contributed by atoms with van der Waals surface area (Å²) in [4.78, 5) is 14.2. The van der Waals surface area contributed by atoms with Crippen LogP contribution in [0.3, 0.4) is 0 Å². The third kappa shape index (κ3) is 4.44. The lowest BCUT2D eigenvalue weighted by molar-refractivity contribution is 0.0673. The zero-order valence-corrected chi connectivity index (χ0v) is 11.8. The maximum atomic E-state index is 12.5. The number of amides is 1. The molecule has 0 saturated carbocycles. The molecule has 5 nitrogen and oxygen atoms in total. The minimum absolute atomic E-state index is 0.0803. The van der Waals surface area contributed by atoms with Crippen molar-refractivity contribution >= 4 is 17.3 Å². The van der Waals surface area contributed by atoms with Gasteiger partial charge in [0, 0.05) is 31.6 Å². The molecule has 0 aliphatic rings. The van der Waals surface area contributed by atoms with Crippen molar-refractivity contribution in [1.82, 2.24) is 4.90 Å². The molecule has 0 aliphatic heterocycles. The average Bonchev–Trinajstić information content (AvgIpc) is 2.33. The largest absolute Gasteiger partial charge is 0.399 e. The van der Waals surface area contributed by atoms with Crippen LogP contribution in [0, 0.1) is 5.92 Å². The molecule has 0 fully saturated rings. The summed E-state index contributed by atoms with van der Waals surface area (Å²) in [6.45, 7) is 5.87. The van der Waals surface area contributed by atoms with Gasteiger partial charge in [0.1, 0.15) is 0 Å². The standard InChI is InChI=1S/C14H23N3O2/c1-10(2)9-17(6-7-19-3)14(18)12-5-4-11(15)8-13(12)16/h4-5,8,10H,6-7,9,15-16H2,1-3H3. The Bertz CT molecular complexity index is 433. The van der Waals surface area contributed by atoms with Crippen LogP contribution in [-0.2, 0) is 4.74 Å². The van der Waals surface area contributed by atoms with Gasteiger partial charge in [0.2, 0.25) is 0 Å². The first kappa shape index (κ1) is 15.3. The summed E-state index contributed by atoms with van der Waals surface area (Å²) in [6.07, 6.45) is 0. The van der Waals surface area contributed by atoms with Gasteiger partial charge >= 0.3 is 0 Å². The zero-order valence-electron chi connectivity index (χ0n) is 11.8. The highest BCUT2D eigenvalue weighted by Gasteiger charge is 2.18. The lowest BCUT2D eigenvalue weighted by Gasteiger charge is -2.25. The summed E-state index contributed by atoms with van der Waals surface area (Å²) in [5, 5.41) is 0. The third-order valence-electron chi connectivity index (χ3n) is 2.74. The van der Waals surface area contributed by atoms with Gasteiger partial charge in [-0.2, -0.15) is 0 Å². The van der Waals surface area contributed by atoms with Gasteiger partial charge in [-0.1, -0.05) is 13.8 Å². The van der Waals surface area contributed by atoms with E-state index >= 15 is 0 Å². The summed E-state index contributed by atoms with van der Waals surface area (Å²) in [7, 11) is 1.62. The molecule has 1 aromatic rings.